The highest BCUT2D eigenvalue weighted by molar-refractivity contribution is 6.25. The third-order valence-corrected chi connectivity index (χ3v) is 7.55. The number of imide groups is 2. The summed E-state index contributed by atoms with van der Waals surface area (Å²) in [6.07, 6.45) is 4.48. The molecular weight excluding hydrogens is 422 g/mol. The average molecular weight is 454 g/mol. The summed E-state index contributed by atoms with van der Waals surface area (Å²) in [6.45, 7) is 4.89. The summed E-state index contributed by atoms with van der Waals surface area (Å²) in [7, 11) is 0. The molecule has 4 aliphatic heterocycles. The summed E-state index contributed by atoms with van der Waals surface area (Å²) in [5.41, 5.74) is 7.52. The molecule has 4 amide bonds. The lowest BCUT2D eigenvalue weighted by atomic mass is 9.93. The zero-order valence-corrected chi connectivity index (χ0v) is 18.8. The molecule has 0 aliphatic carbocycles. The van der Waals surface area contributed by atoms with Gasteiger partial charge in [-0.25, -0.2) is 0 Å². The van der Waals surface area contributed by atoms with Crippen LogP contribution < -0.4 is 16.0 Å². The third kappa shape index (κ3) is 4.15. The fraction of sp³-hybridized carbons (Fsp3) is 0.583. The zero-order chi connectivity index (χ0) is 23.1. The van der Waals surface area contributed by atoms with Crippen molar-refractivity contribution in [2.45, 2.75) is 50.6 Å². The van der Waals surface area contributed by atoms with Crippen LogP contribution in [-0.4, -0.2) is 78.2 Å². The molecule has 4 heterocycles. The Morgan fingerprint density at radius 3 is 2.33 bits per heavy atom. The molecule has 3 saturated heterocycles. The van der Waals surface area contributed by atoms with E-state index in [1.54, 1.807) is 12.1 Å². The Kier molecular flexibility index (Phi) is 5.92. The lowest BCUT2D eigenvalue weighted by Gasteiger charge is -2.38. The van der Waals surface area contributed by atoms with Crippen LogP contribution in [0.5, 0.6) is 0 Å². The predicted octanol–water partition coefficient (Wildman–Crippen LogP) is 0.727. The molecule has 0 bridgehead atoms. The van der Waals surface area contributed by atoms with Gasteiger partial charge in [-0.1, -0.05) is 6.07 Å². The number of hydrogen-bond donors (Lipinski definition) is 2. The molecule has 0 radical (unpaired) electrons. The van der Waals surface area contributed by atoms with E-state index in [0.717, 1.165) is 69.0 Å². The van der Waals surface area contributed by atoms with Gasteiger partial charge in [-0.2, -0.15) is 0 Å². The van der Waals surface area contributed by atoms with E-state index in [-0.39, 0.29) is 18.7 Å². The van der Waals surface area contributed by atoms with Crippen LogP contribution >= 0.6 is 0 Å². The van der Waals surface area contributed by atoms with Gasteiger partial charge in [0, 0.05) is 32.1 Å². The number of benzene rings is 1. The number of carbonyl (C=O) groups excluding carboxylic acids is 4. The van der Waals surface area contributed by atoms with Crippen molar-refractivity contribution in [3.63, 3.8) is 0 Å². The predicted molar refractivity (Wildman–Crippen MR) is 122 cm³/mol. The first-order valence-corrected chi connectivity index (χ1v) is 12.0. The second kappa shape index (κ2) is 8.87. The summed E-state index contributed by atoms with van der Waals surface area (Å²) in [6, 6.07) is 4.74. The average Bonchev–Trinajstić information content (AvgIpc) is 3.06. The van der Waals surface area contributed by atoms with E-state index >= 15 is 0 Å². The first-order valence-electron chi connectivity index (χ1n) is 12.0. The van der Waals surface area contributed by atoms with E-state index in [2.05, 4.69) is 15.1 Å². The number of rotatable bonds is 4. The monoisotopic (exact) mass is 453 g/mol. The molecule has 4 aliphatic rings. The number of piperidine rings is 3. The summed E-state index contributed by atoms with van der Waals surface area (Å²) >= 11 is 0. The van der Waals surface area contributed by atoms with Gasteiger partial charge in [-0.15, -0.1) is 0 Å². The van der Waals surface area contributed by atoms with Gasteiger partial charge in [0.25, 0.3) is 11.8 Å². The first-order chi connectivity index (χ1) is 15.9. The second-order valence-electron chi connectivity index (χ2n) is 9.72. The normalized spacial score (nSPS) is 25.5. The Labute approximate surface area is 193 Å². The lowest BCUT2D eigenvalue weighted by molar-refractivity contribution is -0.136. The summed E-state index contributed by atoms with van der Waals surface area (Å²) in [4.78, 5) is 56.0. The number of fused-ring (bicyclic) bond motifs is 1. The fourth-order valence-electron chi connectivity index (χ4n) is 5.62. The number of nitrogens with zero attached hydrogens (tertiary/aromatic N) is 3. The van der Waals surface area contributed by atoms with E-state index in [1.165, 1.54) is 0 Å². The Hall–Kier alpha value is -2.78. The maximum Gasteiger partial charge on any atom is 0.264 e. The lowest BCUT2D eigenvalue weighted by Crippen LogP contribution is -2.54. The van der Waals surface area contributed by atoms with Crippen LogP contribution in [0.15, 0.2) is 18.2 Å². The SMILES string of the molecule is NC1CCN(CC2CCN(c3cccc4c3C(=O)N(C3CCC(=O)NC3=O)C4=O)CC2)CC1. The summed E-state index contributed by atoms with van der Waals surface area (Å²) in [5.74, 6) is -1.23. The molecule has 1 aromatic rings. The Bertz CT molecular complexity index is 979. The molecule has 1 aromatic carbocycles. The van der Waals surface area contributed by atoms with Crippen LogP contribution in [0.2, 0.25) is 0 Å². The van der Waals surface area contributed by atoms with Crippen molar-refractivity contribution >= 4 is 29.3 Å². The number of nitrogens with two attached hydrogens (primary N) is 1. The Balaban J connectivity index is 1.28. The van der Waals surface area contributed by atoms with Crippen molar-refractivity contribution in [1.29, 1.82) is 0 Å². The first kappa shape index (κ1) is 22.0. The van der Waals surface area contributed by atoms with E-state index in [1.807, 2.05) is 6.07 Å². The molecule has 176 valence electrons. The molecule has 5 rings (SSSR count). The Morgan fingerprint density at radius 2 is 1.64 bits per heavy atom. The number of carbonyl (C=O) groups is 4. The molecule has 0 aromatic heterocycles. The van der Waals surface area contributed by atoms with Crippen molar-refractivity contribution in [3.05, 3.63) is 29.3 Å². The van der Waals surface area contributed by atoms with E-state index in [9.17, 15) is 19.2 Å². The van der Waals surface area contributed by atoms with Crippen molar-refractivity contribution in [1.82, 2.24) is 15.1 Å². The fourth-order valence-corrected chi connectivity index (χ4v) is 5.62. The number of amides is 4. The topological polar surface area (TPSA) is 116 Å². The molecule has 9 nitrogen and oxygen atoms in total. The molecule has 33 heavy (non-hydrogen) atoms. The molecule has 1 atom stereocenters. The van der Waals surface area contributed by atoms with Crippen molar-refractivity contribution in [3.8, 4) is 0 Å². The highest BCUT2D eigenvalue weighted by Crippen LogP contribution is 2.36. The van der Waals surface area contributed by atoms with Gasteiger partial charge in [-0.05, 0) is 63.2 Å². The van der Waals surface area contributed by atoms with Gasteiger partial charge in [0.15, 0.2) is 0 Å². The number of likely N-dealkylation sites (tertiary alicyclic amines) is 1. The van der Waals surface area contributed by atoms with Crippen LogP contribution in [0.1, 0.15) is 59.2 Å². The Morgan fingerprint density at radius 1 is 0.909 bits per heavy atom. The molecule has 0 spiro atoms. The standard InChI is InChI=1S/C24H31N5O4/c25-16-8-10-27(11-9-16)14-15-6-12-28(13-7-15)18-3-1-2-17-21(18)24(33)29(23(17)32)19-4-5-20(30)26-22(19)31/h1-3,15-16,19H,4-14,25H2,(H,26,30,31). The van der Waals surface area contributed by atoms with Crippen molar-refractivity contribution in [2.24, 2.45) is 11.7 Å². The molecule has 9 heteroatoms. The zero-order valence-electron chi connectivity index (χ0n) is 18.8. The quantitative estimate of drug-likeness (QED) is 0.646. The van der Waals surface area contributed by atoms with E-state index in [4.69, 9.17) is 5.73 Å². The molecule has 3 N–H and O–H groups in total. The number of hydrogen-bond acceptors (Lipinski definition) is 7. The minimum atomic E-state index is -0.939. The smallest absolute Gasteiger partial charge is 0.264 e. The van der Waals surface area contributed by atoms with Gasteiger partial charge >= 0.3 is 0 Å². The van der Waals surface area contributed by atoms with E-state index < -0.39 is 23.8 Å². The molecular formula is C24H31N5O4. The van der Waals surface area contributed by atoms with Crippen LogP contribution in [-0.2, 0) is 9.59 Å². The van der Waals surface area contributed by atoms with Crippen LogP contribution in [0, 0.1) is 5.92 Å². The van der Waals surface area contributed by atoms with Crippen molar-refractivity contribution in [2.75, 3.05) is 37.6 Å². The molecule has 3 fully saturated rings. The highest BCUT2D eigenvalue weighted by Gasteiger charge is 2.46. The maximum atomic E-state index is 13.3. The van der Waals surface area contributed by atoms with Crippen LogP contribution in [0.3, 0.4) is 0 Å². The van der Waals surface area contributed by atoms with E-state index in [0.29, 0.717) is 23.1 Å². The van der Waals surface area contributed by atoms with Gasteiger partial charge in [0.2, 0.25) is 11.8 Å². The third-order valence-electron chi connectivity index (χ3n) is 7.55. The van der Waals surface area contributed by atoms with Crippen LogP contribution in [0.25, 0.3) is 0 Å². The highest BCUT2D eigenvalue weighted by atomic mass is 16.2. The van der Waals surface area contributed by atoms with Gasteiger partial charge < -0.3 is 15.5 Å². The minimum absolute atomic E-state index is 0.118. The van der Waals surface area contributed by atoms with Gasteiger partial charge in [0.05, 0.1) is 16.8 Å². The maximum absolute atomic E-state index is 13.3. The molecule has 0 saturated carbocycles. The van der Waals surface area contributed by atoms with Crippen LogP contribution in [0.4, 0.5) is 5.69 Å². The summed E-state index contributed by atoms with van der Waals surface area (Å²) in [5, 5.41) is 2.25. The minimum Gasteiger partial charge on any atom is -0.371 e. The molecule has 1 unspecified atom stereocenters. The van der Waals surface area contributed by atoms with Gasteiger partial charge in [-0.3, -0.25) is 29.4 Å². The second-order valence-corrected chi connectivity index (χ2v) is 9.72. The number of nitrogens with one attached hydrogen (secondary N) is 1. The largest absolute Gasteiger partial charge is 0.371 e. The summed E-state index contributed by atoms with van der Waals surface area (Å²) < 4.78 is 0. The number of anilines is 1. The van der Waals surface area contributed by atoms with Crippen molar-refractivity contribution < 1.29 is 19.2 Å². The van der Waals surface area contributed by atoms with Gasteiger partial charge in [0.1, 0.15) is 6.04 Å².